The molecule has 0 saturated carbocycles. The Morgan fingerprint density at radius 3 is 2.95 bits per heavy atom. The highest BCUT2D eigenvalue weighted by Crippen LogP contribution is 2.30. The zero-order valence-electron chi connectivity index (χ0n) is 10.1. The van der Waals surface area contributed by atoms with Gasteiger partial charge in [0, 0.05) is 13.3 Å². The van der Waals surface area contributed by atoms with Gasteiger partial charge >= 0.3 is 5.69 Å². The van der Waals surface area contributed by atoms with Crippen LogP contribution in [0.2, 0.25) is 0 Å². The molecule has 0 spiro atoms. The number of methoxy groups -OCH3 is 1. The minimum atomic E-state index is -1.03. The van der Waals surface area contributed by atoms with Crippen LogP contribution in [0.3, 0.4) is 0 Å². The Morgan fingerprint density at radius 1 is 1.68 bits per heavy atom. The van der Waals surface area contributed by atoms with Gasteiger partial charge in [-0.2, -0.15) is 4.98 Å². The largest absolute Gasteiger partial charge is 0.394 e. The zero-order valence-corrected chi connectivity index (χ0v) is 12.2. The number of ether oxygens (including phenoxy) is 2. The number of aromatic nitrogens is 2. The molecule has 2 heterocycles. The molecular weight excluding hydrogens is 369 g/mol. The molecule has 1 fully saturated rings. The topological polar surface area (TPSA) is 120 Å². The Morgan fingerprint density at radius 2 is 2.37 bits per heavy atom. The second-order valence-electron chi connectivity index (χ2n) is 4.10. The maximum Gasteiger partial charge on any atom is 0.351 e. The number of aliphatic hydroxyl groups excluding tert-OH is 2. The molecule has 1 saturated heterocycles. The highest BCUT2D eigenvalue weighted by atomic mass is 127. The Kier molecular flexibility index (Phi) is 4.40. The summed E-state index contributed by atoms with van der Waals surface area (Å²) in [5.74, 6) is 0.132. The molecule has 1 aromatic heterocycles. The lowest BCUT2D eigenvalue weighted by Crippen LogP contribution is -2.37. The highest BCUT2D eigenvalue weighted by Gasteiger charge is 2.45. The van der Waals surface area contributed by atoms with Crippen LogP contribution in [0.4, 0.5) is 5.82 Å². The standard InChI is InChI=1S/C10H14IN3O5/c1-18-7-6(16)5(3-15)19-9(7)14-2-4(11)8(12)13-10(14)17/h2,5-7,9,15-16H,3H2,1H3,(H2,12,13,17)/t5-,6?,7?,9-/m1/s1. The summed E-state index contributed by atoms with van der Waals surface area (Å²) in [5.41, 5.74) is 4.94. The van der Waals surface area contributed by atoms with Crippen molar-refractivity contribution in [1.29, 1.82) is 0 Å². The zero-order chi connectivity index (χ0) is 14.2. The fourth-order valence-electron chi connectivity index (χ4n) is 1.99. The van der Waals surface area contributed by atoms with Gasteiger partial charge in [-0.25, -0.2) is 4.79 Å². The third kappa shape index (κ3) is 2.60. The van der Waals surface area contributed by atoms with Gasteiger partial charge in [-0.1, -0.05) is 0 Å². The molecule has 0 radical (unpaired) electrons. The van der Waals surface area contributed by atoms with Crippen LogP contribution in [0.1, 0.15) is 6.23 Å². The minimum absolute atomic E-state index is 0.132. The van der Waals surface area contributed by atoms with E-state index >= 15 is 0 Å². The van der Waals surface area contributed by atoms with Gasteiger partial charge in [-0.15, -0.1) is 0 Å². The lowest BCUT2D eigenvalue weighted by Gasteiger charge is -2.20. The molecule has 0 amide bonds. The van der Waals surface area contributed by atoms with Crippen molar-refractivity contribution < 1.29 is 19.7 Å². The van der Waals surface area contributed by atoms with Crippen LogP contribution in [0.15, 0.2) is 11.0 Å². The van der Waals surface area contributed by atoms with E-state index in [1.165, 1.54) is 17.9 Å². The second kappa shape index (κ2) is 5.71. The summed E-state index contributed by atoms with van der Waals surface area (Å²) in [5, 5.41) is 19.0. The number of hydrogen-bond acceptors (Lipinski definition) is 7. The summed E-state index contributed by atoms with van der Waals surface area (Å²) >= 11 is 1.94. The summed E-state index contributed by atoms with van der Waals surface area (Å²) in [6.45, 7) is -0.369. The van der Waals surface area contributed by atoms with Crippen molar-refractivity contribution in [2.24, 2.45) is 0 Å². The number of halogens is 1. The van der Waals surface area contributed by atoms with Crippen molar-refractivity contribution in [2.75, 3.05) is 19.5 Å². The van der Waals surface area contributed by atoms with E-state index in [2.05, 4.69) is 4.98 Å². The predicted octanol–water partition coefficient (Wildman–Crippen LogP) is -1.30. The molecule has 1 aliphatic heterocycles. The average molecular weight is 383 g/mol. The van der Waals surface area contributed by atoms with Gasteiger partial charge in [0.25, 0.3) is 0 Å². The van der Waals surface area contributed by atoms with Gasteiger partial charge in [-0.3, -0.25) is 4.57 Å². The molecule has 0 aromatic carbocycles. The molecule has 2 unspecified atom stereocenters. The lowest BCUT2D eigenvalue weighted by atomic mass is 10.1. The Balaban J connectivity index is 2.41. The van der Waals surface area contributed by atoms with E-state index in [1.54, 1.807) is 0 Å². The summed E-state index contributed by atoms with van der Waals surface area (Å²) < 4.78 is 12.4. The lowest BCUT2D eigenvalue weighted by molar-refractivity contribution is -0.0625. The molecule has 0 bridgehead atoms. The molecule has 9 heteroatoms. The third-order valence-electron chi connectivity index (χ3n) is 2.97. The molecule has 4 atom stereocenters. The number of aliphatic hydroxyl groups is 2. The van der Waals surface area contributed by atoms with Gasteiger partial charge in [0.2, 0.25) is 0 Å². The van der Waals surface area contributed by atoms with E-state index in [1.807, 2.05) is 22.6 Å². The van der Waals surface area contributed by atoms with E-state index in [0.29, 0.717) is 3.57 Å². The molecule has 1 aliphatic rings. The second-order valence-corrected chi connectivity index (χ2v) is 5.26. The number of nitrogen functional groups attached to an aromatic ring is 1. The predicted molar refractivity (Wildman–Crippen MR) is 73.4 cm³/mol. The van der Waals surface area contributed by atoms with Crippen LogP contribution in [0.5, 0.6) is 0 Å². The number of hydrogen-bond donors (Lipinski definition) is 3. The van der Waals surface area contributed by atoms with Crippen molar-refractivity contribution in [3.8, 4) is 0 Å². The first-order chi connectivity index (χ1) is 8.99. The van der Waals surface area contributed by atoms with Gasteiger partial charge < -0.3 is 25.4 Å². The first-order valence-corrected chi connectivity index (χ1v) is 6.58. The fourth-order valence-corrected chi connectivity index (χ4v) is 2.41. The molecule has 1 aromatic rings. The summed E-state index contributed by atoms with van der Waals surface area (Å²) in [6, 6.07) is 0. The number of anilines is 1. The van der Waals surface area contributed by atoms with Crippen LogP contribution in [0, 0.1) is 3.57 Å². The van der Waals surface area contributed by atoms with Crippen molar-refractivity contribution in [3.63, 3.8) is 0 Å². The molecule has 8 nitrogen and oxygen atoms in total. The van der Waals surface area contributed by atoms with Gasteiger partial charge in [0.15, 0.2) is 6.23 Å². The monoisotopic (exact) mass is 383 g/mol. The summed E-state index contributed by atoms with van der Waals surface area (Å²) in [7, 11) is 1.39. The molecule has 19 heavy (non-hydrogen) atoms. The number of rotatable bonds is 3. The van der Waals surface area contributed by atoms with Gasteiger partial charge in [0.05, 0.1) is 10.2 Å². The van der Waals surface area contributed by atoms with E-state index in [9.17, 15) is 9.90 Å². The van der Waals surface area contributed by atoms with Crippen LogP contribution in [-0.2, 0) is 9.47 Å². The molecular formula is C10H14IN3O5. The number of nitrogens with zero attached hydrogens (tertiary/aromatic N) is 2. The van der Waals surface area contributed by atoms with Gasteiger partial charge in [-0.05, 0) is 22.6 Å². The SMILES string of the molecule is COC1C(O)[C@@H](CO)O[C@H]1n1cc(I)c(N)nc1=O. The van der Waals surface area contributed by atoms with Crippen LogP contribution in [-0.4, -0.2) is 51.8 Å². The van der Waals surface area contributed by atoms with E-state index in [4.69, 9.17) is 20.3 Å². The van der Waals surface area contributed by atoms with Crippen molar-refractivity contribution >= 4 is 28.4 Å². The summed E-state index contributed by atoms with van der Waals surface area (Å²) in [4.78, 5) is 15.5. The Labute approximate surface area is 122 Å². The van der Waals surface area contributed by atoms with E-state index in [-0.39, 0.29) is 12.4 Å². The van der Waals surface area contributed by atoms with Crippen molar-refractivity contribution in [1.82, 2.24) is 9.55 Å². The molecule has 106 valence electrons. The first kappa shape index (κ1) is 14.7. The molecule has 2 rings (SSSR count). The average Bonchev–Trinajstić information content (AvgIpc) is 2.70. The van der Waals surface area contributed by atoms with Crippen molar-refractivity contribution in [2.45, 2.75) is 24.5 Å². The molecule has 0 aliphatic carbocycles. The first-order valence-electron chi connectivity index (χ1n) is 5.51. The quantitative estimate of drug-likeness (QED) is 0.555. The maximum atomic E-state index is 11.8. The van der Waals surface area contributed by atoms with Crippen molar-refractivity contribution in [3.05, 3.63) is 20.3 Å². The van der Waals surface area contributed by atoms with E-state index in [0.717, 1.165) is 0 Å². The van der Waals surface area contributed by atoms with Crippen LogP contribution in [0.25, 0.3) is 0 Å². The number of nitrogens with two attached hydrogens (primary N) is 1. The van der Waals surface area contributed by atoms with Crippen LogP contribution < -0.4 is 11.4 Å². The smallest absolute Gasteiger partial charge is 0.351 e. The summed E-state index contributed by atoms with van der Waals surface area (Å²) in [6.07, 6.45) is -1.98. The van der Waals surface area contributed by atoms with Crippen LogP contribution >= 0.6 is 22.6 Å². The normalized spacial score (nSPS) is 30.7. The third-order valence-corrected chi connectivity index (χ3v) is 3.80. The maximum absolute atomic E-state index is 11.8. The van der Waals surface area contributed by atoms with Gasteiger partial charge in [0.1, 0.15) is 24.1 Å². The highest BCUT2D eigenvalue weighted by molar-refractivity contribution is 14.1. The van der Waals surface area contributed by atoms with E-state index < -0.39 is 30.2 Å². The Hall–Kier alpha value is -0.750. The fraction of sp³-hybridized carbons (Fsp3) is 0.600. The molecule has 4 N–H and O–H groups in total. The minimum Gasteiger partial charge on any atom is -0.394 e. The Bertz CT molecular complexity index is 522.